The van der Waals surface area contributed by atoms with Crippen LogP contribution in [0.15, 0.2) is 47.8 Å². The molecular weight excluding hydrogens is 338 g/mol. The standard InChI is InChI=1S/C16H8F6S/c17-15(18,19)11-6-3-7-12(16(20,21)22)13(11)14-10-5-2-1-4-9(10)8-23-14/h1-8H. The van der Waals surface area contributed by atoms with Gasteiger partial charge in [-0.25, -0.2) is 0 Å². The Morgan fingerprint density at radius 3 is 1.83 bits per heavy atom. The first-order chi connectivity index (χ1) is 10.7. The summed E-state index contributed by atoms with van der Waals surface area (Å²) >= 11 is 0.876. The summed E-state index contributed by atoms with van der Waals surface area (Å²) in [5.41, 5.74) is -3.36. The number of thiophene rings is 1. The minimum Gasteiger partial charge on any atom is -0.166 e. The van der Waals surface area contributed by atoms with Gasteiger partial charge in [-0.1, -0.05) is 30.3 Å². The second kappa shape index (κ2) is 5.26. The molecule has 0 bridgehead atoms. The van der Waals surface area contributed by atoms with E-state index in [1.54, 1.807) is 23.6 Å². The van der Waals surface area contributed by atoms with Gasteiger partial charge in [0.15, 0.2) is 0 Å². The molecule has 0 saturated carbocycles. The zero-order valence-electron chi connectivity index (χ0n) is 11.3. The van der Waals surface area contributed by atoms with Crippen LogP contribution in [0, 0.1) is 0 Å². The third-order valence-electron chi connectivity index (χ3n) is 3.41. The first kappa shape index (κ1) is 15.9. The van der Waals surface area contributed by atoms with Gasteiger partial charge in [0.2, 0.25) is 0 Å². The predicted molar refractivity (Wildman–Crippen MR) is 77.3 cm³/mol. The van der Waals surface area contributed by atoms with Gasteiger partial charge in [0.25, 0.3) is 0 Å². The quantitative estimate of drug-likeness (QED) is 0.435. The predicted octanol–water partition coefficient (Wildman–Crippen LogP) is 6.61. The van der Waals surface area contributed by atoms with Crippen molar-refractivity contribution in [1.82, 2.24) is 0 Å². The average Bonchev–Trinajstić information content (AvgIpc) is 2.88. The third kappa shape index (κ3) is 2.81. The van der Waals surface area contributed by atoms with Crippen LogP contribution in [-0.2, 0) is 12.4 Å². The highest BCUT2D eigenvalue weighted by Crippen LogP contribution is 2.47. The van der Waals surface area contributed by atoms with Crippen LogP contribution < -0.4 is 0 Å². The minimum absolute atomic E-state index is 0.0270. The van der Waals surface area contributed by atoms with Crippen LogP contribution in [0.5, 0.6) is 0 Å². The van der Waals surface area contributed by atoms with Gasteiger partial charge in [-0.15, -0.1) is 11.3 Å². The first-order valence-corrected chi connectivity index (χ1v) is 7.31. The lowest BCUT2D eigenvalue weighted by atomic mass is 9.96. The van der Waals surface area contributed by atoms with Crippen molar-refractivity contribution >= 4 is 22.1 Å². The maximum absolute atomic E-state index is 13.2. The van der Waals surface area contributed by atoms with Crippen molar-refractivity contribution in [2.24, 2.45) is 0 Å². The zero-order valence-corrected chi connectivity index (χ0v) is 12.1. The van der Waals surface area contributed by atoms with Crippen molar-refractivity contribution in [3.8, 4) is 10.4 Å². The zero-order chi connectivity index (χ0) is 16.8. The van der Waals surface area contributed by atoms with Crippen LogP contribution in [0.1, 0.15) is 11.1 Å². The second-order valence-corrected chi connectivity index (χ2v) is 5.76. The fourth-order valence-corrected chi connectivity index (χ4v) is 3.56. The maximum Gasteiger partial charge on any atom is 0.417 e. The van der Waals surface area contributed by atoms with Crippen molar-refractivity contribution in [2.45, 2.75) is 12.4 Å². The van der Waals surface area contributed by atoms with Gasteiger partial charge in [-0.05, 0) is 22.9 Å². The van der Waals surface area contributed by atoms with Crippen molar-refractivity contribution in [1.29, 1.82) is 0 Å². The highest BCUT2D eigenvalue weighted by atomic mass is 32.1. The summed E-state index contributed by atoms with van der Waals surface area (Å²) in [4.78, 5) is -0.0270. The van der Waals surface area contributed by atoms with Gasteiger partial charge in [-0.3, -0.25) is 0 Å². The van der Waals surface area contributed by atoms with Crippen LogP contribution in [0.25, 0.3) is 21.2 Å². The Hall–Kier alpha value is -2.02. The molecule has 1 heterocycles. The molecule has 0 radical (unpaired) electrons. The normalized spacial score (nSPS) is 12.8. The molecule has 3 aromatic rings. The molecule has 0 saturated heterocycles. The molecule has 2 aromatic carbocycles. The Kier molecular flexibility index (Phi) is 3.63. The number of benzene rings is 2. The molecule has 0 nitrogen and oxygen atoms in total. The van der Waals surface area contributed by atoms with Gasteiger partial charge < -0.3 is 0 Å². The van der Waals surface area contributed by atoms with E-state index in [0.717, 1.165) is 17.4 Å². The van der Waals surface area contributed by atoms with E-state index in [0.29, 0.717) is 22.9 Å². The summed E-state index contributed by atoms with van der Waals surface area (Å²) in [6.45, 7) is 0. The summed E-state index contributed by atoms with van der Waals surface area (Å²) in [5.74, 6) is 0. The van der Waals surface area contributed by atoms with Crippen LogP contribution >= 0.6 is 11.3 Å². The number of hydrogen-bond donors (Lipinski definition) is 0. The summed E-state index contributed by atoms with van der Waals surface area (Å²) in [5, 5.41) is 2.54. The SMILES string of the molecule is FC(F)(F)c1cccc(C(F)(F)F)c1-c1scc2ccccc12. The van der Waals surface area contributed by atoms with Crippen molar-refractivity contribution in [2.75, 3.05) is 0 Å². The minimum atomic E-state index is -4.87. The van der Waals surface area contributed by atoms with E-state index >= 15 is 0 Å². The summed E-state index contributed by atoms with van der Waals surface area (Å²) in [6, 6.07) is 8.58. The van der Waals surface area contributed by atoms with Gasteiger partial charge in [0, 0.05) is 15.8 Å². The second-order valence-electron chi connectivity index (χ2n) is 4.88. The maximum atomic E-state index is 13.2. The Labute approximate surface area is 131 Å². The van der Waals surface area contributed by atoms with E-state index < -0.39 is 29.0 Å². The monoisotopic (exact) mass is 346 g/mol. The number of rotatable bonds is 1. The number of halogens is 6. The van der Waals surface area contributed by atoms with Gasteiger partial charge >= 0.3 is 12.4 Å². The smallest absolute Gasteiger partial charge is 0.166 e. The summed E-state index contributed by atoms with van der Waals surface area (Å²) in [6.07, 6.45) is -9.75. The van der Waals surface area contributed by atoms with Crippen molar-refractivity contribution in [3.63, 3.8) is 0 Å². The molecule has 0 aliphatic rings. The Morgan fingerprint density at radius 1 is 0.696 bits per heavy atom. The molecule has 0 unspecified atom stereocenters. The molecule has 0 amide bonds. The van der Waals surface area contributed by atoms with Crippen molar-refractivity contribution < 1.29 is 26.3 Å². The molecule has 0 aliphatic heterocycles. The van der Waals surface area contributed by atoms with Crippen molar-refractivity contribution in [3.05, 3.63) is 59.0 Å². The lowest BCUT2D eigenvalue weighted by Crippen LogP contribution is -2.13. The number of hydrogen-bond acceptors (Lipinski definition) is 1. The van der Waals surface area contributed by atoms with E-state index in [1.807, 2.05) is 0 Å². The molecule has 7 heteroatoms. The molecule has 23 heavy (non-hydrogen) atoms. The van der Waals surface area contributed by atoms with E-state index in [4.69, 9.17) is 0 Å². The molecule has 0 N–H and O–H groups in total. The molecule has 0 atom stereocenters. The van der Waals surface area contributed by atoms with E-state index in [-0.39, 0.29) is 4.88 Å². The average molecular weight is 346 g/mol. The number of fused-ring (bicyclic) bond motifs is 1. The summed E-state index contributed by atoms with van der Waals surface area (Å²) in [7, 11) is 0. The largest absolute Gasteiger partial charge is 0.417 e. The van der Waals surface area contributed by atoms with Crippen LogP contribution in [0.2, 0.25) is 0 Å². The number of alkyl halides is 6. The molecule has 120 valence electrons. The lowest BCUT2D eigenvalue weighted by molar-refractivity contribution is -0.142. The fraction of sp³-hybridized carbons (Fsp3) is 0.125. The Morgan fingerprint density at radius 2 is 1.26 bits per heavy atom. The van der Waals surface area contributed by atoms with Crippen LogP contribution in [0.4, 0.5) is 26.3 Å². The third-order valence-corrected chi connectivity index (χ3v) is 4.44. The molecule has 3 rings (SSSR count). The van der Waals surface area contributed by atoms with E-state index in [2.05, 4.69) is 0 Å². The molecular formula is C16H8F6S. The lowest BCUT2D eigenvalue weighted by Gasteiger charge is -2.18. The van der Waals surface area contributed by atoms with Gasteiger partial charge in [-0.2, -0.15) is 26.3 Å². The Bertz CT molecular complexity index is 825. The fourth-order valence-electron chi connectivity index (χ4n) is 2.46. The molecule has 0 fully saturated rings. The van der Waals surface area contributed by atoms with Crippen LogP contribution in [-0.4, -0.2) is 0 Å². The molecule has 1 aromatic heterocycles. The summed E-state index contributed by atoms with van der Waals surface area (Å²) < 4.78 is 79.5. The highest BCUT2D eigenvalue weighted by Gasteiger charge is 2.41. The van der Waals surface area contributed by atoms with E-state index in [9.17, 15) is 26.3 Å². The Balaban J connectivity index is 2.41. The van der Waals surface area contributed by atoms with Crippen LogP contribution in [0.3, 0.4) is 0 Å². The highest BCUT2D eigenvalue weighted by molar-refractivity contribution is 7.15. The van der Waals surface area contributed by atoms with Gasteiger partial charge in [0.1, 0.15) is 0 Å². The van der Waals surface area contributed by atoms with E-state index in [1.165, 1.54) is 6.07 Å². The molecule has 0 aliphatic carbocycles. The molecule has 0 spiro atoms. The topological polar surface area (TPSA) is 0 Å². The van der Waals surface area contributed by atoms with Gasteiger partial charge in [0.05, 0.1) is 11.1 Å². The first-order valence-electron chi connectivity index (χ1n) is 6.43.